The van der Waals surface area contributed by atoms with Gasteiger partial charge in [0.1, 0.15) is 5.58 Å². The molecule has 1 heteroatoms. The average Bonchev–Trinajstić information content (AvgIpc) is 2.47. The molecule has 2 rings (SSSR count). The van der Waals surface area contributed by atoms with Crippen LogP contribution in [0.15, 0.2) is 28.9 Å². The molecule has 0 aliphatic heterocycles. The van der Waals surface area contributed by atoms with Crippen molar-refractivity contribution in [3.63, 3.8) is 0 Å². The Morgan fingerprint density at radius 3 is 2.92 bits per heavy atom. The molecule has 1 aromatic heterocycles. The van der Waals surface area contributed by atoms with Crippen LogP contribution in [-0.4, -0.2) is 0 Å². The first-order valence-electron chi connectivity index (χ1n) is 4.28. The topological polar surface area (TPSA) is 13.1 Å². The van der Waals surface area contributed by atoms with Crippen LogP contribution in [0.4, 0.5) is 0 Å². The van der Waals surface area contributed by atoms with E-state index in [1.165, 1.54) is 16.5 Å². The van der Waals surface area contributed by atoms with Crippen LogP contribution < -0.4 is 0 Å². The molecule has 1 nitrogen and oxygen atoms in total. The van der Waals surface area contributed by atoms with E-state index in [0.717, 1.165) is 12.0 Å². The highest BCUT2D eigenvalue weighted by atomic mass is 16.3. The van der Waals surface area contributed by atoms with E-state index in [9.17, 15) is 0 Å². The lowest BCUT2D eigenvalue weighted by molar-refractivity contribution is 0.612. The van der Waals surface area contributed by atoms with Gasteiger partial charge in [-0.15, -0.1) is 0 Å². The van der Waals surface area contributed by atoms with Gasteiger partial charge in [0.15, 0.2) is 0 Å². The van der Waals surface area contributed by atoms with Crippen molar-refractivity contribution in [1.82, 2.24) is 0 Å². The molecule has 0 radical (unpaired) electrons. The summed E-state index contributed by atoms with van der Waals surface area (Å²) in [5, 5.41) is 1.23. The van der Waals surface area contributed by atoms with E-state index in [1.54, 1.807) is 0 Å². The summed E-state index contributed by atoms with van der Waals surface area (Å²) in [6.07, 6.45) is 2.87. The summed E-state index contributed by atoms with van der Waals surface area (Å²) in [6, 6.07) is 6.40. The third-order valence-electron chi connectivity index (χ3n) is 2.24. The summed E-state index contributed by atoms with van der Waals surface area (Å²) < 4.78 is 5.39. The van der Waals surface area contributed by atoms with Crippen LogP contribution >= 0.6 is 0 Å². The van der Waals surface area contributed by atoms with Crippen LogP contribution in [0.25, 0.3) is 11.0 Å². The van der Waals surface area contributed by atoms with Gasteiger partial charge in [-0.3, -0.25) is 0 Å². The van der Waals surface area contributed by atoms with Gasteiger partial charge < -0.3 is 4.42 Å². The summed E-state index contributed by atoms with van der Waals surface area (Å²) in [5.41, 5.74) is 3.55. The molecule has 0 saturated heterocycles. The van der Waals surface area contributed by atoms with E-state index in [2.05, 4.69) is 32.0 Å². The fraction of sp³-hybridized carbons (Fsp3) is 0.273. The van der Waals surface area contributed by atoms with Gasteiger partial charge >= 0.3 is 0 Å². The zero-order valence-corrected chi connectivity index (χ0v) is 7.42. The lowest BCUT2D eigenvalue weighted by Gasteiger charge is -1.94. The average molecular weight is 160 g/mol. The van der Waals surface area contributed by atoms with Gasteiger partial charge in [0, 0.05) is 5.39 Å². The lowest BCUT2D eigenvalue weighted by atomic mass is 10.1. The Balaban J connectivity index is 2.69. The van der Waals surface area contributed by atoms with Gasteiger partial charge in [-0.1, -0.05) is 19.1 Å². The summed E-state index contributed by atoms with van der Waals surface area (Å²) in [7, 11) is 0. The minimum Gasteiger partial charge on any atom is -0.464 e. The molecule has 0 unspecified atom stereocenters. The monoisotopic (exact) mass is 160 g/mol. The second-order valence-corrected chi connectivity index (χ2v) is 3.10. The molecule has 0 aliphatic rings. The standard InChI is InChI=1S/C11H12O/c1-3-9-4-5-10-8(2)7-12-11(10)6-9/h4-7H,3H2,1-2H3. The Kier molecular flexibility index (Phi) is 1.65. The van der Waals surface area contributed by atoms with Crippen LogP contribution in [0.1, 0.15) is 18.1 Å². The van der Waals surface area contributed by atoms with Crippen molar-refractivity contribution in [2.45, 2.75) is 20.3 Å². The summed E-state index contributed by atoms with van der Waals surface area (Å²) in [6.45, 7) is 4.22. The number of rotatable bonds is 1. The van der Waals surface area contributed by atoms with Crippen LogP contribution in [-0.2, 0) is 6.42 Å². The Morgan fingerprint density at radius 2 is 2.17 bits per heavy atom. The molecule has 1 heterocycles. The van der Waals surface area contributed by atoms with Gasteiger partial charge in [-0.2, -0.15) is 0 Å². The van der Waals surface area contributed by atoms with Gasteiger partial charge in [-0.25, -0.2) is 0 Å². The Morgan fingerprint density at radius 1 is 1.33 bits per heavy atom. The van der Waals surface area contributed by atoms with Gasteiger partial charge in [0.05, 0.1) is 6.26 Å². The van der Waals surface area contributed by atoms with E-state index in [1.807, 2.05) is 6.26 Å². The highest BCUT2D eigenvalue weighted by molar-refractivity contribution is 5.81. The SMILES string of the molecule is CCc1ccc2c(C)coc2c1. The van der Waals surface area contributed by atoms with Crippen LogP contribution in [0.2, 0.25) is 0 Å². The van der Waals surface area contributed by atoms with Crippen molar-refractivity contribution in [2.24, 2.45) is 0 Å². The van der Waals surface area contributed by atoms with Gasteiger partial charge in [0.25, 0.3) is 0 Å². The maximum atomic E-state index is 5.39. The summed E-state index contributed by atoms with van der Waals surface area (Å²) in [5.74, 6) is 0. The Labute approximate surface area is 72.0 Å². The second-order valence-electron chi connectivity index (χ2n) is 3.10. The molecular weight excluding hydrogens is 148 g/mol. The molecule has 1 aromatic carbocycles. The highest BCUT2D eigenvalue weighted by Crippen LogP contribution is 2.21. The van der Waals surface area contributed by atoms with E-state index >= 15 is 0 Å². The van der Waals surface area contributed by atoms with Crippen LogP contribution in [0.5, 0.6) is 0 Å². The fourth-order valence-corrected chi connectivity index (χ4v) is 1.43. The third kappa shape index (κ3) is 1.02. The maximum absolute atomic E-state index is 5.39. The minimum atomic E-state index is 1.01. The van der Waals surface area contributed by atoms with Gasteiger partial charge in [0.2, 0.25) is 0 Å². The Hall–Kier alpha value is -1.24. The summed E-state index contributed by atoms with van der Waals surface area (Å²) >= 11 is 0. The first-order chi connectivity index (χ1) is 5.81. The molecule has 0 bridgehead atoms. The Bertz CT molecular complexity index is 398. The van der Waals surface area contributed by atoms with Crippen molar-refractivity contribution in [3.05, 3.63) is 35.6 Å². The molecule has 0 N–H and O–H groups in total. The van der Waals surface area contributed by atoms with Crippen molar-refractivity contribution in [3.8, 4) is 0 Å². The zero-order valence-electron chi connectivity index (χ0n) is 7.42. The van der Waals surface area contributed by atoms with Crippen molar-refractivity contribution in [2.75, 3.05) is 0 Å². The van der Waals surface area contributed by atoms with E-state index < -0.39 is 0 Å². The van der Waals surface area contributed by atoms with Crippen LogP contribution in [0, 0.1) is 6.92 Å². The molecule has 0 amide bonds. The summed E-state index contributed by atoms with van der Waals surface area (Å²) in [4.78, 5) is 0. The van der Waals surface area contributed by atoms with Gasteiger partial charge in [-0.05, 0) is 30.5 Å². The molecular formula is C11H12O. The molecule has 0 atom stereocenters. The minimum absolute atomic E-state index is 1.01. The third-order valence-corrected chi connectivity index (χ3v) is 2.24. The van der Waals surface area contributed by atoms with E-state index in [4.69, 9.17) is 4.42 Å². The normalized spacial score (nSPS) is 10.8. The molecule has 0 fully saturated rings. The first kappa shape index (κ1) is 7.41. The first-order valence-corrected chi connectivity index (χ1v) is 4.28. The fourth-order valence-electron chi connectivity index (χ4n) is 1.43. The predicted octanol–water partition coefficient (Wildman–Crippen LogP) is 3.30. The van der Waals surface area contributed by atoms with Crippen molar-refractivity contribution >= 4 is 11.0 Å². The smallest absolute Gasteiger partial charge is 0.134 e. The maximum Gasteiger partial charge on any atom is 0.134 e. The number of furan rings is 1. The van der Waals surface area contributed by atoms with Crippen LogP contribution in [0.3, 0.4) is 0 Å². The van der Waals surface area contributed by atoms with E-state index in [-0.39, 0.29) is 0 Å². The molecule has 12 heavy (non-hydrogen) atoms. The lowest BCUT2D eigenvalue weighted by Crippen LogP contribution is -1.77. The number of hydrogen-bond acceptors (Lipinski definition) is 1. The zero-order chi connectivity index (χ0) is 8.55. The van der Waals surface area contributed by atoms with E-state index in [0.29, 0.717) is 0 Å². The molecule has 62 valence electrons. The number of aryl methyl sites for hydroxylation is 2. The molecule has 0 saturated carbocycles. The van der Waals surface area contributed by atoms with Crippen molar-refractivity contribution in [1.29, 1.82) is 0 Å². The largest absolute Gasteiger partial charge is 0.464 e. The molecule has 0 spiro atoms. The number of fused-ring (bicyclic) bond motifs is 1. The highest BCUT2D eigenvalue weighted by Gasteiger charge is 2.00. The number of benzene rings is 1. The molecule has 0 aliphatic carbocycles. The molecule has 2 aromatic rings. The second kappa shape index (κ2) is 2.67. The quantitative estimate of drug-likeness (QED) is 0.623. The predicted molar refractivity (Wildman–Crippen MR) is 50.3 cm³/mol. The number of hydrogen-bond donors (Lipinski definition) is 0. The van der Waals surface area contributed by atoms with Crippen molar-refractivity contribution < 1.29 is 4.42 Å².